The standard InChI is InChI=1S/C22H23FN6O3/c23-17-12-15(3-4-19(17)32-11-8-29-6-9-31-10-7-29)18-14-26-21(24)20(28-18)22(30)27-16-2-1-5-25-13-16/h1-5,12-14H,6-11H2,(H2,24,26)(H,27,30). The van der Waals surface area contributed by atoms with Crippen LogP contribution in [0.4, 0.5) is 15.9 Å². The average molecular weight is 438 g/mol. The van der Waals surface area contributed by atoms with Gasteiger partial charge < -0.3 is 20.5 Å². The molecule has 1 aliphatic rings. The molecule has 1 aromatic carbocycles. The summed E-state index contributed by atoms with van der Waals surface area (Å²) in [4.78, 5) is 27.0. The van der Waals surface area contributed by atoms with Gasteiger partial charge in [0.05, 0.1) is 37.0 Å². The maximum atomic E-state index is 14.6. The Morgan fingerprint density at radius 2 is 2.09 bits per heavy atom. The second-order valence-electron chi connectivity index (χ2n) is 7.13. The molecule has 166 valence electrons. The summed E-state index contributed by atoms with van der Waals surface area (Å²) < 4.78 is 25.5. The number of ether oxygens (including phenoxy) is 2. The zero-order valence-electron chi connectivity index (χ0n) is 17.3. The lowest BCUT2D eigenvalue weighted by Gasteiger charge is -2.26. The molecule has 10 heteroatoms. The molecule has 0 spiro atoms. The van der Waals surface area contributed by atoms with Crippen LogP contribution in [-0.2, 0) is 4.74 Å². The molecule has 0 atom stereocenters. The Kier molecular flexibility index (Phi) is 6.83. The van der Waals surface area contributed by atoms with Gasteiger partial charge in [0, 0.05) is 31.4 Å². The number of nitrogens with zero attached hydrogens (tertiary/aromatic N) is 4. The highest BCUT2D eigenvalue weighted by molar-refractivity contribution is 6.05. The van der Waals surface area contributed by atoms with E-state index in [-0.39, 0.29) is 17.3 Å². The predicted molar refractivity (Wildman–Crippen MR) is 117 cm³/mol. The highest BCUT2D eigenvalue weighted by atomic mass is 19.1. The van der Waals surface area contributed by atoms with Gasteiger partial charge in [0.2, 0.25) is 0 Å². The van der Waals surface area contributed by atoms with E-state index >= 15 is 0 Å². The molecule has 0 radical (unpaired) electrons. The van der Waals surface area contributed by atoms with Gasteiger partial charge in [-0.1, -0.05) is 0 Å². The van der Waals surface area contributed by atoms with E-state index in [0.717, 1.165) is 13.1 Å². The monoisotopic (exact) mass is 438 g/mol. The van der Waals surface area contributed by atoms with E-state index in [1.165, 1.54) is 24.5 Å². The van der Waals surface area contributed by atoms with Gasteiger partial charge in [0.1, 0.15) is 6.61 Å². The van der Waals surface area contributed by atoms with E-state index in [1.54, 1.807) is 24.4 Å². The summed E-state index contributed by atoms with van der Waals surface area (Å²) in [6.45, 7) is 4.16. The number of aromatic nitrogens is 3. The number of hydrogen-bond donors (Lipinski definition) is 2. The summed E-state index contributed by atoms with van der Waals surface area (Å²) in [5, 5.41) is 2.66. The van der Waals surface area contributed by atoms with Crippen LogP contribution in [0.25, 0.3) is 11.3 Å². The quantitative estimate of drug-likeness (QED) is 0.577. The lowest BCUT2D eigenvalue weighted by molar-refractivity contribution is 0.0320. The summed E-state index contributed by atoms with van der Waals surface area (Å²) in [7, 11) is 0. The molecule has 1 fully saturated rings. The first kappa shape index (κ1) is 21.6. The van der Waals surface area contributed by atoms with Crippen molar-refractivity contribution in [1.82, 2.24) is 19.9 Å². The van der Waals surface area contributed by atoms with E-state index in [1.807, 2.05) is 0 Å². The van der Waals surface area contributed by atoms with E-state index in [2.05, 4.69) is 25.2 Å². The number of nitrogens with one attached hydrogen (secondary N) is 1. The van der Waals surface area contributed by atoms with Crippen molar-refractivity contribution >= 4 is 17.4 Å². The fraction of sp³-hybridized carbons (Fsp3) is 0.273. The summed E-state index contributed by atoms with van der Waals surface area (Å²) in [5.41, 5.74) is 7.04. The first-order chi connectivity index (χ1) is 15.6. The van der Waals surface area contributed by atoms with Crippen LogP contribution in [0.1, 0.15) is 10.5 Å². The molecule has 1 aliphatic heterocycles. The number of nitrogen functional groups attached to an aromatic ring is 1. The molecule has 0 unspecified atom stereocenters. The van der Waals surface area contributed by atoms with Gasteiger partial charge in [0.25, 0.3) is 5.91 Å². The zero-order chi connectivity index (χ0) is 22.3. The Labute approximate surface area is 184 Å². The Balaban J connectivity index is 1.44. The molecule has 4 rings (SSSR count). The molecule has 3 aromatic rings. The Morgan fingerprint density at radius 1 is 1.25 bits per heavy atom. The van der Waals surface area contributed by atoms with Crippen LogP contribution in [0.2, 0.25) is 0 Å². The normalized spacial score (nSPS) is 14.2. The molecule has 0 bridgehead atoms. The molecular formula is C22H23FN6O3. The van der Waals surface area contributed by atoms with Crippen LogP contribution in [0.3, 0.4) is 0 Å². The van der Waals surface area contributed by atoms with Crippen molar-refractivity contribution in [1.29, 1.82) is 0 Å². The second-order valence-corrected chi connectivity index (χ2v) is 7.13. The van der Waals surface area contributed by atoms with Crippen LogP contribution >= 0.6 is 0 Å². The molecule has 32 heavy (non-hydrogen) atoms. The third-order valence-electron chi connectivity index (χ3n) is 4.93. The minimum Gasteiger partial charge on any atom is -0.489 e. The molecule has 0 saturated carbocycles. The molecule has 1 amide bonds. The summed E-state index contributed by atoms with van der Waals surface area (Å²) in [6, 6.07) is 7.88. The molecule has 3 N–H and O–H groups in total. The van der Waals surface area contributed by atoms with Gasteiger partial charge in [-0.2, -0.15) is 0 Å². The number of halogens is 1. The van der Waals surface area contributed by atoms with Gasteiger partial charge in [-0.05, 0) is 30.3 Å². The van der Waals surface area contributed by atoms with Crippen LogP contribution in [0.15, 0.2) is 48.9 Å². The van der Waals surface area contributed by atoms with Crippen LogP contribution < -0.4 is 15.8 Å². The number of hydrogen-bond acceptors (Lipinski definition) is 8. The first-order valence-corrected chi connectivity index (χ1v) is 10.2. The summed E-state index contributed by atoms with van der Waals surface area (Å²) in [6.07, 6.45) is 4.48. The number of benzene rings is 1. The number of pyridine rings is 1. The van der Waals surface area contributed by atoms with Gasteiger partial charge in [-0.3, -0.25) is 14.7 Å². The smallest absolute Gasteiger partial charge is 0.278 e. The third-order valence-corrected chi connectivity index (χ3v) is 4.93. The van der Waals surface area contributed by atoms with Crippen molar-refractivity contribution in [3.8, 4) is 17.0 Å². The highest BCUT2D eigenvalue weighted by Crippen LogP contribution is 2.25. The van der Waals surface area contributed by atoms with Crippen molar-refractivity contribution in [3.63, 3.8) is 0 Å². The lowest BCUT2D eigenvalue weighted by Crippen LogP contribution is -2.38. The van der Waals surface area contributed by atoms with E-state index in [0.29, 0.717) is 43.3 Å². The van der Waals surface area contributed by atoms with E-state index < -0.39 is 11.7 Å². The number of nitrogens with two attached hydrogens (primary N) is 1. The maximum absolute atomic E-state index is 14.6. The number of anilines is 2. The van der Waals surface area contributed by atoms with Crippen molar-refractivity contribution < 1.29 is 18.7 Å². The molecule has 2 aromatic heterocycles. The van der Waals surface area contributed by atoms with Crippen molar-refractivity contribution in [2.45, 2.75) is 0 Å². The summed E-state index contributed by atoms with van der Waals surface area (Å²) in [5.74, 6) is -0.934. The van der Waals surface area contributed by atoms with Gasteiger partial charge in [-0.15, -0.1) is 0 Å². The Bertz CT molecular complexity index is 1080. The topological polar surface area (TPSA) is 115 Å². The SMILES string of the molecule is Nc1ncc(-c2ccc(OCCN3CCOCC3)c(F)c2)nc1C(=O)Nc1cccnc1. The number of morpholine rings is 1. The molecule has 9 nitrogen and oxygen atoms in total. The van der Waals surface area contributed by atoms with Crippen LogP contribution in [0.5, 0.6) is 5.75 Å². The van der Waals surface area contributed by atoms with Crippen LogP contribution in [-0.4, -0.2) is 65.2 Å². The minimum absolute atomic E-state index is 0.0290. The first-order valence-electron chi connectivity index (χ1n) is 10.2. The molecule has 0 aliphatic carbocycles. The number of carbonyl (C=O) groups is 1. The number of carbonyl (C=O) groups excluding carboxylic acids is 1. The summed E-state index contributed by atoms with van der Waals surface area (Å²) >= 11 is 0. The van der Waals surface area contributed by atoms with E-state index in [9.17, 15) is 9.18 Å². The average Bonchev–Trinajstić information content (AvgIpc) is 2.82. The predicted octanol–water partition coefficient (Wildman–Crippen LogP) is 2.22. The van der Waals surface area contributed by atoms with Gasteiger partial charge in [-0.25, -0.2) is 14.4 Å². The van der Waals surface area contributed by atoms with E-state index in [4.69, 9.17) is 15.2 Å². The zero-order valence-corrected chi connectivity index (χ0v) is 17.3. The number of rotatable bonds is 7. The molecule has 3 heterocycles. The highest BCUT2D eigenvalue weighted by Gasteiger charge is 2.16. The lowest BCUT2D eigenvalue weighted by atomic mass is 10.1. The van der Waals surface area contributed by atoms with Crippen LogP contribution in [0, 0.1) is 5.82 Å². The largest absolute Gasteiger partial charge is 0.489 e. The molecule has 1 saturated heterocycles. The van der Waals surface area contributed by atoms with Gasteiger partial charge in [0.15, 0.2) is 23.1 Å². The Morgan fingerprint density at radius 3 is 2.84 bits per heavy atom. The van der Waals surface area contributed by atoms with Crippen molar-refractivity contribution in [2.75, 3.05) is 50.5 Å². The van der Waals surface area contributed by atoms with Crippen molar-refractivity contribution in [3.05, 3.63) is 60.4 Å². The maximum Gasteiger partial charge on any atom is 0.278 e. The minimum atomic E-state index is -0.534. The second kappa shape index (κ2) is 10.1. The number of amides is 1. The Hall–Kier alpha value is -3.63. The van der Waals surface area contributed by atoms with Crippen molar-refractivity contribution in [2.24, 2.45) is 0 Å². The fourth-order valence-corrected chi connectivity index (χ4v) is 3.22. The third kappa shape index (κ3) is 5.34. The fourth-order valence-electron chi connectivity index (χ4n) is 3.22. The van der Waals surface area contributed by atoms with Gasteiger partial charge >= 0.3 is 0 Å². The molecular weight excluding hydrogens is 415 g/mol.